The normalized spacial score (nSPS) is 10.9. The number of fused-ring (bicyclic) bond motifs is 1. The minimum atomic E-state index is -0.494. The van der Waals surface area contributed by atoms with Gasteiger partial charge in [0.2, 0.25) is 4.96 Å². The van der Waals surface area contributed by atoms with Crippen molar-refractivity contribution in [2.75, 3.05) is 11.9 Å². The third-order valence-electron chi connectivity index (χ3n) is 4.55. The Bertz CT molecular complexity index is 1260. The molecule has 0 unspecified atom stereocenters. The number of aryl methyl sites for hydroxylation is 2. The van der Waals surface area contributed by atoms with E-state index in [1.165, 1.54) is 35.6 Å². The number of hydrogen-bond donors (Lipinski definition) is 1. The van der Waals surface area contributed by atoms with Crippen molar-refractivity contribution >= 4 is 33.6 Å². The van der Waals surface area contributed by atoms with Gasteiger partial charge in [0.1, 0.15) is 10.8 Å². The number of benzene rings is 2. The lowest BCUT2D eigenvalue weighted by Gasteiger charge is -2.11. The van der Waals surface area contributed by atoms with Gasteiger partial charge in [-0.15, -0.1) is 10.2 Å². The monoisotopic (exact) mass is 438 g/mol. The Labute approximate surface area is 180 Å². The molecule has 0 radical (unpaired) electrons. The third kappa shape index (κ3) is 4.36. The molecule has 0 saturated heterocycles. The second kappa shape index (κ2) is 8.48. The first kappa shape index (κ1) is 20.4. The summed E-state index contributed by atoms with van der Waals surface area (Å²) < 4.78 is 7.15. The summed E-state index contributed by atoms with van der Waals surface area (Å²) >= 11 is 1.42. The van der Waals surface area contributed by atoms with Gasteiger partial charge in [0.15, 0.2) is 12.4 Å². The van der Waals surface area contributed by atoms with Crippen LogP contribution in [0.15, 0.2) is 42.5 Å². The molecule has 10 nitrogen and oxygen atoms in total. The highest BCUT2D eigenvalue weighted by Crippen LogP contribution is 2.29. The van der Waals surface area contributed by atoms with Crippen molar-refractivity contribution in [1.82, 2.24) is 19.8 Å². The number of rotatable bonds is 7. The van der Waals surface area contributed by atoms with Gasteiger partial charge in [0.05, 0.1) is 4.92 Å². The van der Waals surface area contributed by atoms with Crippen molar-refractivity contribution in [3.63, 3.8) is 0 Å². The van der Waals surface area contributed by atoms with E-state index in [0.29, 0.717) is 11.4 Å². The number of amides is 1. The molecular weight excluding hydrogens is 420 g/mol. The summed E-state index contributed by atoms with van der Waals surface area (Å²) in [7, 11) is 0. The van der Waals surface area contributed by atoms with Crippen LogP contribution in [0.25, 0.3) is 15.5 Å². The van der Waals surface area contributed by atoms with Crippen LogP contribution in [-0.4, -0.2) is 37.2 Å². The Kier molecular flexibility index (Phi) is 5.58. The van der Waals surface area contributed by atoms with Gasteiger partial charge in [-0.25, -0.2) is 0 Å². The van der Waals surface area contributed by atoms with Crippen molar-refractivity contribution in [1.29, 1.82) is 0 Å². The van der Waals surface area contributed by atoms with Crippen molar-refractivity contribution in [2.45, 2.75) is 20.3 Å². The second-order valence-corrected chi connectivity index (χ2v) is 7.64. The number of nitrogens with one attached hydrogen (secondary N) is 1. The summed E-state index contributed by atoms with van der Waals surface area (Å²) in [6, 6.07) is 11.3. The van der Waals surface area contributed by atoms with Gasteiger partial charge in [-0.3, -0.25) is 14.9 Å². The van der Waals surface area contributed by atoms with Crippen LogP contribution in [-0.2, 0) is 11.2 Å². The Morgan fingerprint density at radius 2 is 2.00 bits per heavy atom. The fraction of sp³-hybridized carbons (Fsp3) is 0.200. The maximum atomic E-state index is 12.4. The number of non-ortho nitro benzene ring substituents is 1. The van der Waals surface area contributed by atoms with Gasteiger partial charge in [-0.05, 0) is 30.7 Å². The van der Waals surface area contributed by atoms with Crippen LogP contribution < -0.4 is 10.1 Å². The van der Waals surface area contributed by atoms with E-state index in [4.69, 9.17) is 4.74 Å². The molecule has 0 bridgehead atoms. The van der Waals surface area contributed by atoms with Gasteiger partial charge in [-0.1, -0.05) is 30.4 Å². The molecule has 0 spiro atoms. The molecule has 31 heavy (non-hydrogen) atoms. The number of nitrogens with zero attached hydrogens (tertiary/aromatic N) is 5. The fourth-order valence-electron chi connectivity index (χ4n) is 2.88. The zero-order valence-corrected chi connectivity index (χ0v) is 17.5. The highest BCUT2D eigenvalue weighted by atomic mass is 32.1. The largest absolute Gasteiger partial charge is 0.484 e. The molecule has 4 rings (SSSR count). The standard InChI is InChI=1S/C20H18N6O4S/c1-3-17-22-23-20-25(17)24-19(31-20)13-5-4-12(2)16(10-13)21-18(27)11-30-15-8-6-14(7-9-15)26(28)29/h4-10H,3,11H2,1-2H3,(H,21,27). The molecule has 1 amide bonds. The molecule has 0 fully saturated rings. The predicted octanol–water partition coefficient (Wildman–Crippen LogP) is 3.65. The highest BCUT2D eigenvalue weighted by molar-refractivity contribution is 7.19. The van der Waals surface area contributed by atoms with E-state index in [9.17, 15) is 14.9 Å². The molecule has 0 aliphatic rings. The van der Waals surface area contributed by atoms with Gasteiger partial charge in [0.25, 0.3) is 11.6 Å². The van der Waals surface area contributed by atoms with Gasteiger partial charge < -0.3 is 10.1 Å². The van der Waals surface area contributed by atoms with Crippen LogP contribution >= 0.6 is 11.3 Å². The summed E-state index contributed by atoms with van der Waals surface area (Å²) in [6.45, 7) is 3.66. The molecule has 1 N–H and O–H groups in total. The summed E-state index contributed by atoms with van der Waals surface area (Å²) in [4.78, 5) is 23.3. The van der Waals surface area contributed by atoms with Crippen LogP contribution in [0.4, 0.5) is 11.4 Å². The Morgan fingerprint density at radius 3 is 2.71 bits per heavy atom. The minimum absolute atomic E-state index is 0.0410. The van der Waals surface area contributed by atoms with E-state index in [2.05, 4.69) is 20.6 Å². The number of carbonyl (C=O) groups excluding carboxylic acids is 1. The van der Waals surface area contributed by atoms with Gasteiger partial charge >= 0.3 is 0 Å². The van der Waals surface area contributed by atoms with Crippen molar-refractivity contribution in [2.24, 2.45) is 0 Å². The van der Waals surface area contributed by atoms with Crippen LogP contribution in [0.2, 0.25) is 0 Å². The molecule has 0 atom stereocenters. The lowest BCUT2D eigenvalue weighted by molar-refractivity contribution is -0.384. The van der Waals surface area contributed by atoms with E-state index < -0.39 is 4.92 Å². The van der Waals surface area contributed by atoms with Crippen LogP contribution in [0.3, 0.4) is 0 Å². The van der Waals surface area contributed by atoms with Crippen molar-refractivity contribution in [3.8, 4) is 16.3 Å². The summed E-state index contributed by atoms with van der Waals surface area (Å²) in [6.07, 6.45) is 0.730. The fourth-order valence-corrected chi connectivity index (χ4v) is 3.74. The number of carbonyl (C=O) groups is 1. The minimum Gasteiger partial charge on any atom is -0.484 e. The molecule has 11 heteroatoms. The van der Waals surface area contributed by atoms with E-state index in [1.807, 2.05) is 32.0 Å². The molecule has 0 aliphatic carbocycles. The maximum absolute atomic E-state index is 12.4. The van der Waals surface area contributed by atoms with Crippen molar-refractivity contribution in [3.05, 3.63) is 64.0 Å². The number of nitro groups is 1. The number of nitro benzene ring substituents is 1. The zero-order chi connectivity index (χ0) is 22.0. The Morgan fingerprint density at radius 1 is 1.23 bits per heavy atom. The first-order valence-electron chi connectivity index (χ1n) is 9.44. The number of hydrogen-bond acceptors (Lipinski definition) is 8. The molecule has 158 valence electrons. The van der Waals surface area contributed by atoms with Crippen LogP contribution in [0.1, 0.15) is 18.3 Å². The van der Waals surface area contributed by atoms with E-state index >= 15 is 0 Å². The predicted molar refractivity (Wildman–Crippen MR) is 115 cm³/mol. The number of aromatic nitrogens is 4. The topological polar surface area (TPSA) is 125 Å². The lowest BCUT2D eigenvalue weighted by Crippen LogP contribution is -2.20. The highest BCUT2D eigenvalue weighted by Gasteiger charge is 2.14. The van der Waals surface area contributed by atoms with E-state index in [1.54, 1.807) is 4.52 Å². The molecule has 4 aromatic rings. The third-order valence-corrected chi connectivity index (χ3v) is 5.50. The average Bonchev–Trinajstić information content (AvgIpc) is 3.35. The maximum Gasteiger partial charge on any atom is 0.269 e. The molecule has 0 aliphatic heterocycles. The summed E-state index contributed by atoms with van der Waals surface area (Å²) in [5.41, 5.74) is 2.36. The average molecular weight is 438 g/mol. The van der Waals surface area contributed by atoms with E-state index in [-0.39, 0.29) is 18.2 Å². The van der Waals surface area contributed by atoms with Gasteiger partial charge in [-0.2, -0.15) is 9.61 Å². The van der Waals surface area contributed by atoms with E-state index in [0.717, 1.165) is 33.3 Å². The zero-order valence-electron chi connectivity index (χ0n) is 16.7. The van der Waals surface area contributed by atoms with Gasteiger partial charge in [0, 0.05) is 29.8 Å². The first-order valence-corrected chi connectivity index (χ1v) is 10.3. The molecule has 2 heterocycles. The molecule has 2 aromatic heterocycles. The SMILES string of the molecule is CCc1nnc2sc(-c3ccc(C)c(NC(=O)COc4ccc([N+](=O)[O-])cc4)c3)nn12. The summed E-state index contributed by atoms with van der Waals surface area (Å²) in [5.74, 6) is 0.823. The quantitative estimate of drug-likeness (QED) is 0.345. The number of anilines is 1. The van der Waals surface area contributed by atoms with Crippen LogP contribution in [0, 0.1) is 17.0 Å². The number of ether oxygens (including phenoxy) is 1. The lowest BCUT2D eigenvalue weighted by atomic mass is 10.1. The molecule has 0 saturated carbocycles. The second-order valence-electron chi connectivity index (χ2n) is 6.69. The first-order chi connectivity index (χ1) is 14.9. The smallest absolute Gasteiger partial charge is 0.269 e. The molecule has 2 aromatic carbocycles. The van der Waals surface area contributed by atoms with Crippen molar-refractivity contribution < 1.29 is 14.5 Å². The Balaban J connectivity index is 1.45. The van der Waals surface area contributed by atoms with Crippen LogP contribution in [0.5, 0.6) is 5.75 Å². The Hall–Kier alpha value is -3.86. The summed E-state index contributed by atoms with van der Waals surface area (Å²) in [5, 5.41) is 27.1. The molecular formula is C20H18N6O4S.